The maximum atomic E-state index is 4.50. The number of aromatic nitrogens is 1. The number of hydrogen-bond donors (Lipinski definition) is 1. The Morgan fingerprint density at radius 3 is 2.78 bits per heavy atom. The smallest absolute Gasteiger partial charge is 0.0795 e. The Kier molecular flexibility index (Phi) is 3.97. The van der Waals surface area contributed by atoms with E-state index in [2.05, 4.69) is 27.5 Å². The van der Waals surface area contributed by atoms with Gasteiger partial charge in [-0.1, -0.05) is 0 Å². The average Bonchev–Trinajstić information content (AvgIpc) is 3.10. The van der Waals surface area contributed by atoms with Crippen LogP contribution in [0, 0.1) is 5.92 Å². The molecule has 0 spiro atoms. The molecule has 1 saturated heterocycles. The van der Waals surface area contributed by atoms with Gasteiger partial charge >= 0.3 is 0 Å². The highest BCUT2D eigenvalue weighted by Gasteiger charge is 2.34. The predicted octanol–water partition coefficient (Wildman–Crippen LogP) is 2.67. The molecule has 0 bridgehead atoms. The molecule has 0 amide bonds. The molecule has 1 aliphatic heterocycles. The Bertz CT molecular complexity index is 355. The van der Waals surface area contributed by atoms with Gasteiger partial charge < -0.3 is 5.32 Å². The van der Waals surface area contributed by atoms with E-state index >= 15 is 0 Å². The molecular weight excluding hydrogens is 242 g/mol. The fourth-order valence-corrected chi connectivity index (χ4v) is 3.63. The fourth-order valence-electron chi connectivity index (χ4n) is 2.99. The van der Waals surface area contributed by atoms with Gasteiger partial charge in [0.15, 0.2) is 0 Å². The molecule has 4 heteroatoms. The molecule has 1 aliphatic carbocycles. The van der Waals surface area contributed by atoms with Gasteiger partial charge in [-0.05, 0) is 51.6 Å². The predicted molar refractivity (Wildman–Crippen MR) is 75.9 cm³/mol. The quantitative estimate of drug-likeness (QED) is 0.887. The van der Waals surface area contributed by atoms with E-state index in [1.54, 1.807) is 11.3 Å². The largest absolute Gasteiger partial charge is 0.317 e. The lowest BCUT2D eigenvalue weighted by atomic mass is 9.96. The van der Waals surface area contributed by atoms with E-state index in [-0.39, 0.29) is 0 Å². The van der Waals surface area contributed by atoms with Crippen LogP contribution in [0.5, 0.6) is 0 Å². The molecule has 1 saturated carbocycles. The molecule has 0 aromatic carbocycles. The van der Waals surface area contributed by atoms with Gasteiger partial charge in [-0.15, -0.1) is 11.3 Å². The van der Waals surface area contributed by atoms with Gasteiger partial charge in [0.05, 0.1) is 17.2 Å². The molecule has 1 aromatic rings. The molecule has 2 aliphatic rings. The van der Waals surface area contributed by atoms with Gasteiger partial charge in [0, 0.05) is 18.0 Å². The van der Waals surface area contributed by atoms with E-state index in [0.717, 1.165) is 12.0 Å². The van der Waals surface area contributed by atoms with Gasteiger partial charge in [-0.3, -0.25) is 4.90 Å². The molecule has 3 nitrogen and oxygen atoms in total. The van der Waals surface area contributed by atoms with Crippen molar-refractivity contribution in [1.82, 2.24) is 15.2 Å². The van der Waals surface area contributed by atoms with E-state index in [1.165, 1.54) is 51.0 Å². The highest BCUT2D eigenvalue weighted by molar-refractivity contribution is 7.07. The van der Waals surface area contributed by atoms with Crippen LogP contribution in [0.1, 0.15) is 44.3 Å². The van der Waals surface area contributed by atoms with Crippen molar-refractivity contribution in [2.24, 2.45) is 5.92 Å². The van der Waals surface area contributed by atoms with E-state index < -0.39 is 0 Å². The third-order valence-corrected chi connectivity index (χ3v) is 4.93. The van der Waals surface area contributed by atoms with Crippen LogP contribution in [0.15, 0.2) is 10.9 Å². The summed E-state index contributed by atoms with van der Waals surface area (Å²) in [5.41, 5.74) is 3.22. The second-order valence-corrected chi connectivity index (χ2v) is 6.43. The van der Waals surface area contributed by atoms with Crippen LogP contribution in [0.3, 0.4) is 0 Å². The minimum atomic E-state index is 0.499. The van der Waals surface area contributed by atoms with Crippen LogP contribution in [-0.4, -0.2) is 35.6 Å². The topological polar surface area (TPSA) is 28.2 Å². The highest BCUT2D eigenvalue weighted by atomic mass is 32.1. The molecular formula is C14H23N3S. The first-order chi connectivity index (χ1) is 8.84. The van der Waals surface area contributed by atoms with Crippen molar-refractivity contribution in [1.29, 1.82) is 0 Å². The summed E-state index contributed by atoms with van der Waals surface area (Å²) in [4.78, 5) is 7.22. The maximum absolute atomic E-state index is 4.50. The number of rotatable bonds is 5. The summed E-state index contributed by atoms with van der Waals surface area (Å²) >= 11 is 1.72. The van der Waals surface area contributed by atoms with Gasteiger partial charge in [-0.25, -0.2) is 4.98 Å². The Labute approximate surface area is 114 Å². The Balaban J connectivity index is 1.64. The summed E-state index contributed by atoms with van der Waals surface area (Å²) in [6.45, 7) is 6.00. The molecule has 0 radical (unpaired) electrons. The van der Waals surface area contributed by atoms with Gasteiger partial charge in [0.25, 0.3) is 0 Å². The molecule has 1 aromatic heterocycles. The molecule has 3 rings (SSSR count). The van der Waals surface area contributed by atoms with Crippen LogP contribution in [0.4, 0.5) is 0 Å². The van der Waals surface area contributed by atoms with Crippen molar-refractivity contribution in [2.75, 3.05) is 19.6 Å². The summed E-state index contributed by atoms with van der Waals surface area (Å²) in [5.74, 6) is 0.882. The second kappa shape index (κ2) is 5.68. The van der Waals surface area contributed by atoms with Crippen LogP contribution in [0.2, 0.25) is 0 Å². The van der Waals surface area contributed by atoms with Gasteiger partial charge in [0.2, 0.25) is 0 Å². The summed E-state index contributed by atoms with van der Waals surface area (Å²) in [5, 5.41) is 5.67. The lowest BCUT2D eigenvalue weighted by Gasteiger charge is -2.33. The number of nitrogens with zero attached hydrogens (tertiary/aromatic N) is 2. The molecule has 1 atom stereocenters. The summed E-state index contributed by atoms with van der Waals surface area (Å²) in [7, 11) is 0. The lowest BCUT2D eigenvalue weighted by molar-refractivity contribution is 0.150. The van der Waals surface area contributed by atoms with Crippen molar-refractivity contribution < 1.29 is 0 Å². The third-order valence-electron chi connectivity index (χ3n) is 4.32. The number of piperidine rings is 1. The van der Waals surface area contributed by atoms with Crippen LogP contribution in [-0.2, 0) is 0 Å². The summed E-state index contributed by atoms with van der Waals surface area (Å²) in [6, 6.07) is 1.33. The fraction of sp³-hybridized carbons (Fsp3) is 0.786. The van der Waals surface area contributed by atoms with E-state index in [1.807, 2.05) is 5.51 Å². The first-order valence-electron chi connectivity index (χ1n) is 7.19. The summed E-state index contributed by atoms with van der Waals surface area (Å²) in [6.07, 6.45) is 5.46. The third kappa shape index (κ3) is 2.92. The minimum absolute atomic E-state index is 0.499. The standard InChI is InChI=1S/C14H23N3S/c1-11(14-9-18-10-16-14)17(13-2-3-13)8-12-4-6-15-7-5-12/h9-13,15H,2-8H2,1H3. The summed E-state index contributed by atoms with van der Waals surface area (Å²) < 4.78 is 0. The second-order valence-electron chi connectivity index (χ2n) is 5.71. The number of nitrogens with one attached hydrogen (secondary N) is 1. The van der Waals surface area contributed by atoms with E-state index in [0.29, 0.717) is 6.04 Å². The van der Waals surface area contributed by atoms with Crippen molar-refractivity contribution in [3.63, 3.8) is 0 Å². The van der Waals surface area contributed by atoms with Crippen molar-refractivity contribution in [2.45, 2.75) is 44.7 Å². The minimum Gasteiger partial charge on any atom is -0.317 e. The first kappa shape index (κ1) is 12.6. The number of thiazole rings is 1. The Morgan fingerprint density at radius 1 is 1.39 bits per heavy atom. The molecule has 1 N–H and O–H groups in total. The van der Waals surface area contributed by atoms with Crippen LogP contribution >= 0.6 is 11.3 Å². The average molecular weight is 265 g/mol. The van der Waals surface area contributed by atoms with Crippen molar-refractivity contribution >= 4 is 11.3 Å². The zero-order valence-corrected chi connectivity index (χ0v) is 12.0. The Morgan fingerprint density at radius 2 is 2.17 bits per heavy atom. The molecule has 1 unspecified atom stereocenters. The van der Waals surface area contributed by atoms with Crippen molar-refractivity contribution in [3.8, 4) is 0 Å². The van der Waals surface area contributed by atoms with Gasteiger partial charge in [-0.2, -0.15) is 0 Å². The van der Waals surface area contributed by atoms with Crippen LogP contribution in [0.25, 0.3) is 0 Å². The van der Waals surface area contributed by atoms with Crippen LogP contribution < -0.4 is 5.32 Å². The lowest BCUT2D eigenvalue weighted by Crippen LogP contribution is -2.38. The highest BCUT2D eigenvalue weighted by Crippen LogP contribution is 2.35. The van der Waals surface area contributed by atoms with E-state index in [4.69, 9.17) is 0 Å². The normalized spacial score (nSPS) is 23.4. The van der Waals surface area contributed by atoms with Gasteiger partial charge in [0.1, 0.15) is 0 Å². The zero-order chi connectivity index (χ0) is 12.4. The van der Waals surface area contributed by atoms with E-state index in [9.17, 15) is 0 Å². The van der Waals surface area contributed by atoms with Crippen molar-refractivity contribution in [3.05, 3.63) is 16.6 Å². The maximum Gasteiger partial charge on any atom is 0.0795 e. The zero-order valence-electron chi connectivity index (χ0n) is 11.1. The monoisotopic (exact) mass is 265 g/mol. The SMILES string of the molecule is CC(c1cscn1)N(CC1CCNCC1)C1CC1. The molecule has 2 heterocycles. The Hall–Kier alpha value is -0.450. The molecule has 100 valence electrons. The first-order valence-corrected chi connectivity index (χ1v) is 8.13. The molecule has 2 fully saturated rings. The number of hydrogen-bond acceptors (Lipinski definition) is 4. The molecule has 18 heavy (non-hydrogen) atoms.